The first kappa shape index (κ1) is 18.5. The molecule has 1 aliphatic heterocycles. The topological polar surface area (TPSA) is 83.8 Å². The average molecular weight is 371 g/mol. The van der Waals surface area contributed by atoms with Crippen molar-refractivity contribution >= 4 is 17.5 Å². The molecule has 1 aliphatic rings. The fraction of sp³-hybridized carbons (Fsp3) is 0.263. The molecule has 0 N–H and O–H groups in total. The van der Waals surface area contributed by atoms with Crippen LogP contribution in [-0.4, -0.2) is 52.7 Å². The van der Waals surface area contributed by atoms with E-state index in [1.54, 1.807) is 22.8 Å². The van der Waals surface area contributed by atoms with Gasteiger partial charge in [0, 0.05) is 48.9 Å². The second-order valence-corrected chi connectivity index (χ2v) is 6.35. The van der Waals surface area contributed by atoms with Gasteiger partial charge in [0.2, 0.25) is 0 Å². The maximum Gasteiger partial charge on any atom is 0.272 e. The molecule has 0 saturated carbocycles. The van der Waals surface area contributed by atoms with Gasteiger partial charge in [-0.1, -0.05) is 6.07 Å². The zero-order valence-electron chi connectivity index (χ0n) is 14.7. The molecular weight excluding hydrogens is 353 g/mol. The minimum Gasteiger partial charge on any atom is -0.335 e. The van der Waals surface area contributed by atoms with Crippen LogP contribution in [0.1, 0.15) is 26.3 Å². The molecule has 1 fully saturated rings. The Labute approximate surface area is 155 Å². The van der Waals surface area contributed by atoms with E-state index in [1.807, 2.05) is 0 Å². The van der Waals surface area contributed by atoms with E-state index in [2.05, 4.69) is 0 Å². The van der Waals surface area contributed by atoms with Crippen LogP contribution in [0.5, 0.6) is 0 Å². The molecule has 0 atom stereocenters. The lowest BCUT2D eigenvalue weighted by molar-refractivity contribution is -0.385. The van der Waals surface area contributed by atoms with E-state index in [4.69, 9.17) is 0 Å². The first-order chi connectivity index (χ1) is 12.9. The number of amides is 2. The third-order valence-corrected chi connectivity index (χ3v) is 4.57. The lowest BCUT2D eigenvalue weighted by Gasteiger charge is -2.35. The average Bonchev–Trinajstić information content (AvgIpc) is 2.66. The van der Waals surface area contributed by atoms with Crippen molar-refractivity contribution in [2.75, 3.05) is 26.2 Å². The van der Waals surface area contributed by atoms with E-state index < -0.39 is 10.7 Å². The minimum atomic E-state index is -0.486. The van der Waals surface area contributed by atoms with Crippen LogP contribution in [0, 0.1) is 22.9 Å². The van der Waals surface area contributed by atoms with Gasteiger partial charge in [0.25, 0.3) is 17.5 Å². The highest BCUT2D eigenvalue weighted by Gasteiger charge is 2.26. The zero-order valence-corrected chi connectivity index (χ0v) is 14.7. The molecule has 1 heterocycles. The summed E-state index contributed by atoms with van der Waals surface area (Å²) in [6.07, 6.45) is 0. The summed E-state index contributed by atoms with van der Waals surface area (Å²) in [6.45, 7) is 2.95. The summed E-state index contributed by atoms with van der Waals surface area (Å²) in [5.41, 5.74) is 1.05. The highest BCUT2D eigenvalue weighted by molar-refractivity contribution is 5.96. The molecule has 7 nitrogen and oxygen atoms in total. The molecule has 0 bridgehead atoms. The van der Waals surface area contributed by atoms with Crippen molar-refractivity contribution in [1.82, 2.24) is 9.80 Å². The Balaban J connectivity index is 1.65. The van der Waals surface area contributed by atoms with Crippen molar-refractivity contribution in [2.45, 2.75) is 6.92 Å². The van der Waals surface area contributed by atoms with Gasteiger partial charge in [-0.2, -0.15) is 0 Å². The van der Waals surface area contributed by atoms with E-state index >= 15 is 0 Å². The molecule has 2 aromatic carbocycles. The zero-order chi connectivity index (χ0) is 19.6. The number of nitro groups is 1. The summed E-state index contributed by atoms with van der Waals surface area (Å²) in [5, 5.41) is 10.9. The van der Waals surface area contributed by atoms with Crippen molar-refractivity contribution in [2.24, 2.45) is 0 Å². The maximum atomic E-state index is 13.3. The van der Waals surface area contributed by atoms with Gasteiger partial charge < -0.3 is 9.80 Å². The third-order valence-electron chi connectivity index (χ3n) is 4.57. The van der Waals surface area contributed by atoms with Crippen LogP contribution in [0.4, 0.5) is 10.1 Å². The van der Waals surface area contributed by atoms with Gasteiger partial charge >= 0.3 is 0 Å². The van der Waals surface area contributed by atoms with Crippen molar-refractivity contribution < 1.29 is 18.9 Å². The summed E-state index contributed by atoms with van der Waals surface area (Å²) in [4.78, 5) is 38.7. The van der Waals surface area contributed by atoms with Crippen LogP contribution in [-0.2, 0) is 0 Å². The van der Waals surface area contributed by atoms with E-state index in [1.165, 1.54) is 36.4 Å². The Bertz CT molecular complexity index is 908. The number of nitro benzene ring substituents is 1. The van der Waals surface area contributed by atoms with E-state index in [-0.39, 0.29) is 23.1 Å². The number of nitrogens with zero attached hydrogens (tertiary/aromatic N) is 3. The number of hydrogen-bond donors (Lipinski definition) is 0. The Kier molecular flexibility index (Phi) is 5.16. The molecule has 1 saturated heterocycles. The van der Waals surface area contributed by atoms with Gasteiger partial charge in [-0.05, 0) is 37.3 Å². The van der Waals surface area contributed by atoms with Crippen LogP contribution < -0.4 is 0 Å². The number of halogens is 1. The number of carbonyl (C=O) groups excluding carboxylic acids is 2. The van der Waals surface area contributed by atoms with E-state index in [9.17, 15) is 24.1 Å². The summed E-state index contributed by atoms with van der Waals surface area (Å²) in [6, 6.07) is 9.79. The molecule has 27 heavy (non-hydrogen) atoms. The van der Waals surface area contributed by atoms with E-state index in [0.717, 1.165) is 0 Å². The van der Waals surface area contributed by atoms with Crippen molar-refractivity contribution in [3.63, 3.8) is 0 Å². The fourth-order valence-electron chi connectivity index (χ4n) is 3.09. The number of hydrogen-bond acceptors (Lipinski definition) is 4. The highest BCUT2D eigenvalue weighted by atomic mass is 19.1. The number of carbonyl (C=O) groups is 2. The SMILES string of the molecule is Cc1cc(C(=O)N2CCN(C(=O)c3cccc(F)c3)CC2)ccc1[N+](=O)[O-]. The summed E-state index contributed by atoms with van der Waals surface area (Å²) in [7, 11) is 0. The second kappa shape index (κ2) is 7.53. The molecule has 0 radical (unpaired) electrons. The van der Waals surface area contributed by atoms with E-state index in [0.29, 0.717) is 37.3 Å². The molecule has 2 aromatic rings. The van der Waals surface area contributed by atoms with Crippen LogP contribution in [0.2, 0.25) is 0 Å². The Morgan fingerprint density at radius 1 is 0.963 bits per heavy atom. The standard InChI is InChI=1S/C19H18FN3O4/c1-13-11-15(5-6-17(13)23(26)27)19(25)22-9-7-21(8-10-22)18(24)14-3-2-4-16(20)12-14/h2-6,11-12H,7-10H2,1H3. The maximum absolute atomic E-state index is 13.3. The number of benzene rings is 2. The summed E-state index contributed by atoms with van der Waals surface area (Å²) in [5.74, 6) is -0.971. The number of aryl methyl sites for hydroxylation is 1. The molecule has 8 heteroatoms. The van der Waals surface area contributed by atoms with Crippen LogP contribution in [0.15, 0.2) is 42.5 Å². The van der Waals surface area contributed by atoms with Gasteiger partial charge in [0.05, 0.1) is 4.92 Å². The monoisotopic (exact) mass is 371 g/mol. The van der Waals surface area contributed by atoms with Gasteiger partial charge in [-0.15, -0.1) is 0 Å². The first-order valence-corrected chi connectivity index (χ1v) is 8.46. The molecule has 140 valence electrons. The Hall–Kier alpha value is -3.29. The van der Waals surface area contributed by atoms with Gasteiger partial charge in [-0.25, -0.2) is 4.39 Å². The normalized spacial score (nSPS) is 14.1. The molecule has 0 aromatic heterocycles. The largest absolute Gasteiger partial charge is 0.335 e. The molecule has 0 spiro atoms. The quantitative estimate of drug-likeness (QED) is 0.613. The summed E-state index contributed by atoms with van der Waals surface area (Å²) >= 11 is 0. The first-order valence-electron chi connectivity index (χ1n) is 8.46. The lowest BCUT2D eigenvalue weighted by Crippen LogP contribution is -2.50. The van der Waals surface area contributed by atoms with Gasteiger partial charge in [-0.3, -0.25) is 19.7 Å². The second-order valence-electron chi connectivity index (χ2n) is 6.35. The van der Waals surface area contributed by atoms with Crippen LogP contribution >= 0.6 is 0 Å². The van der Waals surface area contributed by atoms with Crippen molar-refractivity contribution in [3.05, 3.63) is 75.1 Å². The predicted octanol–water partition coefficient (Wildman–Crippen LogP) is 2.64. The Morgan fingerprint density at radius 3 is 2.00 bits per heavy atom. The molecule has 3 rings (SSSR count). The smallest absolute Gasteiger partial charge is 0.272 e. The van der Waals surface area contributed by atoms with Crippen molar-refractivity contribution in [1.29, 1.82) is 0 Å². The molecule has 0 aliphatic carbocycles. The lowest BCUT2D eigenvalue weighted by atomic mass is 10.1. The van der Waals surface area contributed by atoms with Crippen molar-refractivity contribution in [3.8, 4) is 0 Å². The van der Waals surface area contributed by atoms with Crippen LogP contribution in [0.3, 0.4) is 0 Å². The number of rotatable bonds is 3. The highest BCUT2D eigenvalue weighted by Crippen LogP contribution is 2.20. The number of piperazine rings is 1. The summed E-state index contributed by atoms with van der Waals surface area (Å²) < 4.78 is 13.3. The molecule has 0 unspecified atom stereocenters. The molecule has 2 amide bonds. The molecular formula is C19H18FN3O4. The van der Waals surface area contributed by atoms with Crippen LogP contribution in [0.25, 0.3) is 0 Å². The third kappa shape index (κ3) is 3.94. The van der Waals surface area contributed by atoms with Gasteiger partial charge in [0.15, 0.2) is 0 Å². The fourth-order valence-corrected chi connectivity index (χ4v) is 3.09. The minimum absolute atomic E-state index is 0.0305. The van der Waals surface area contributed by atoms with Gasteiger partial charge in [0.1, 0.15) is 5.82 Å². The Morgan fingerprint density at radius 2 is 1.52 bits per heavy atom. The predicted molar refractivity (Wildman–Crippen MR) is 96.0 cm³/mol.